The highest BCUT2D eigenvalue weighted by molar-refractivity contribution is 7.15. The summed E-state index contributed by atoms with van der Waals surface area (Å²) >= 11 is 1.49. The van der Waals surface area contributed by atoms with Crippen LogP contribution in [0, 0.1) is 6.92 Å². The Kier molecular flexibility index (Phi) is 4.71. The molecule has 0 aliphatic carbocycles. The minimum atomic E-state index is -0.115. The number of rotatable bonds is 5. The van der Waals surface area contributed by atoms with Gasteiger partial charge in [0.25, 0.3) is 0 Å². The van der Waals surface area contributed by atoms with E-state index in [1.165, 1.54) is 17.5 Å². The lowest BCUT2D eigenvalue weighted by Crippen LogP contribution is -2.18. The first kappa shape index (κ1) is 16.3. The number of fused-ring (bicyclic) bond motifs is 1. The molecule has 0 aliphatic heterocycles. The number of para-hydroxylation sites is 1. The molecule has 3 rings (SSSR count). The molecule has 1 N–H and O–H groups in total. The van der Waals surface area contributed by atoms with Gasteiger partial charge in [0, 0.05) is 16.7 Å². The van der Waals surface area contributed by atoms with Gasteiger partial charge in [-0.05, 0) is 25.5 Å². The van der Waals surface area contributed by atoms with E-state index >= 15 is 0 Å². The predicted octanol–water partition coefficient (Wildman–Crippen LogP) is 2.75. The van der Waals surface area contributed by atoms with Crippen molar-refractivity contribution in [3.8, 4) is 0 Å². The summed E-state index contributed by atoms with van der Waals surface area (Å²) in [5, 5.41) is 8.20. The smallest absolute Gasteiger partial charge is 0.228 e. The Bertz CT molecular complexity index is 945. The van der Waals surface area contributed by atoms with Gasteiger partial charge < -0.3 is 5.32 Å². The summed E-state index contributed by atoms with van der Waals surface area (Å²) in [5.41, 5.74) is 1.64. The molecule has 0 unspecified atom stereocenters. The largest absolute Gasteiger partial charge is 0.302 e. The van der Waals surface area contributed by atoms with E-state index in [-0.39, 0.29) is 17.8 Å². The van der Waals surface area contributed by atoms with Crippen LogP contribution in [0.5, 0.6) is 0 Å². The number of nitrogens with one attached hydrogen (secondary N) is 1. The van der Waals surface area contributed by atoms with Gasteiger partial charge in [0.05, 0.1) is 24.0 Å². The van der Waals surface area contributed by atoms with Gasteiger partial charge in [0.15, 0.2) is 5.13 Å². The van der Waals surface area contributed by atoms with Crippen molar-refractivity contribution >= 4 is 33.3 Å². The standard InChI is InChI=1S/C17H18N4O2S/c1-3-13-11(2)24-17(19-13)20-16(23)8-9-21-14-7-5-4-6-12(14)15(22)10-18-21/h4-7,10H,3,8-9H2,1-2H3,(H,19,20,23). The molecule has 0 radical (unpaired) electrons. The Labute approximate surface area is 143 Å². The Hall–Kier alpha value is -2.54. The third kappa shape index (κ3) is 3.35. The molecular formula is C17H18N4O2S. The van der Waals surface area contributed by atoms with Gasteiger partial charge in [-0.25, -0.2) is 4.98 Å². The minimum Gasteiger partial charge on any atom is -0.302 e. The molecule has 0 aliphatic rings. The summed E-state index contributed by atoms with van der Waals surface area (Å²) in [6.45, 7) is 4.45. The maximum Gasteiger partial charge on any atom is 0.228 e. The van der Waals surface area contributed by atoms with Crippen molar-refractivity contribution in [1.29, 1.82) is 0 Å². The van der Waals surface area contributed by atoms with Crippen LogP contribution >= 0.6 is 11.3 Å². The minimum absolute atomic E-state index is 0.114. The van der Waals surface area contributed by atoms with Crippen LogP contribution in [0.25, 0.3) is 10.9 Å². The second-order valence-corrected chi connectivity index (χ2v) is 6.63. The van der Waals surface area contributed by atoms with Gasteiger partial charge in [-0.15, -0.1) is 11.3 Å². The molecule has 2 aromatic heterocycles. The molecule has 0 atom stereocenters. The second kappa shape index (κ2) is 6.92. The van der Waals surface area contributed by atoms with E-state index in [9.17, 15) is 9.59 Å². The number of hydrogen-bond acceptors (Lipinski definition) is 5. The van der Waals surface area contributed by atoms with Crippen molar-refractivity contribution in [2.45, 2.75) is 33.2 Å². The molecule has 2 heterocycles. The zero-order valence-corrected chi connectivity index (χ0v) is 14.4. The summed E-state index contributed by atoms with van der Waals surface area (Å²) in [4.78, 5) is 29.5. The van der Waals surface area contributed by atoms with E-state index in [0.717, 1.165) is 22.5 Å². The molecule has 0 fully saturated rings. The van der Waals surface area contributed by atoms with E-state index in [1.54, 1.807) is 10.7 Å². The lowest BCUT2D eigenvalue weighted by molar-refractivity contribution is -0.116. The fourth-order valence-electron chi connectivity index (χ4n) is 2.54. The number of benzene rings is 1. The van der Waals surface area contributed by atoms with Crippen molar-refractivity contribution in [3.63, 3.8) is 0 Å². The lowest BCUT2D eigenvalue weighted by Gasteiger charge is -2.08. The number of aromatic nitrogens is 3. The number of aryl methyl sites for hydroxylation is 3. The first-order valence-corrected chi connectivity index (χ1v) is 8.61. The van der Waals surface area contributed by atoms with Crippen LogP contribution in [0.4, 0.5) is 5.13 Å². The Morgan fingerprint density at radius 3 is 2.88 bits per heavy atom. The highest BCUT2D eigenvalue weighted by Gasteiger charge is 2.10. The van der Waals surface area contributed by atoms with Crippen LogP contribution in [-0.4, -0.2) is 20.7 Å². The van der Waals surface area contributed by atoms with E-state index in [1.807, 2.05) is 32.0 Å². The Morgan fingerprint density at radius 2 is 2.12 bits per heavy atom. The van der Waals surface area contributed by atoms with Crippen LogP contribution in [0.2, 0.25) is 0 Å². The predicted molar refractivity (Wildman–Crippen MR) is 95.5 cm³/mol. The van der Waals surface area contributed by atoms with Gasteiger partial charge in [0.1, 0.15) is 0 Å². The molecule has 7 heteroatoms. The van der Waals surface area contributed by atoms with Crippen LogP contribution in [0.1, 0.15) is 23.9 Å². The summed E-state index contributed by atoms with van der Waals surface area (Å²) in [7, 11) is 0. The monoisotopic (exact) mass is 342 g/mol. The fraction of sp³-hybridized carbons (Fsp3) is 0.294. The van der Waals surface area contributed by atoms with Gasteiger partial charge in [-0.1, -0.05) is 19.1 Å². The summed E-state index contributed by atoms with van der Waals surface area (Å²) in [6.07, 6.45) is 2.41. The zero-order chi connectivity index (χ0) is 17.1. The van der Waals surface area contributed by atoms with Crippen LogP contribution in [0.15, 0.2) is 35.3 Å². The zero-order valence-electron chi connectivity index (χ0n) is 13.6. The summed E-state index contributed by atoms with van der Waals surface area (Å²) in [5.74, 6) is -0.115. The van der Waals surface area contributed by atoms with Crippen molar-refractivity contribution in [3.05, 3.63) is 51.3 Å². The highest BCUT2D eigenvalue weighted by Crippen LogP contribution is 2.22. The maximum absolute atomic E-state index is 12.2. The molecule has 1 aromatic carbocycles. The van der Waals surface area contributed by atoms with Gasteiger partial charge >= 0.3 is 0 Å². The molecule has 0 saturated heterocycles. The summed E-state index contributed by atoms with van der Waals surface area (Å²) in [6, 6.07) is 7.27. The SMILES string of the molecule is CCc1nc(NC(=O)CCn2ncc(=O)c3ccccc32)sc1C. The number of anilines is 1. The van der Waals surface area contributed by atoms with Crippen LogP contribution in [-0.2, 0) is 17.8 Å². The van der Waals surface area contributed by atoms with Crippen molar-refractivity contribution < 1.29 is 4.79 Å². The molecule has 24 heavy (non-hydrogen) atoms. The fourth-order valence-corrected chi connectivity index (χ4v) is 3.46. The molecular weight excluding hydrogens is 324 g/mol. The number of nitrogens with zero attached hydrogens (tertiary/aromatic N) is 3. The molecule has 0 bridgehead atoms. The van der Waals surface area contributed by atoms with Crippen LogP contribution < -0.4 is 10.7 Å². The topological polar surface area (TPSA) is 76.9 Å². The van der Waals surface area contributed by atoms with Crippen molar-refractivity contribution in [1.82, 2.24) is 14.8 Å². The highest BCUT2D eigenvalue weighted by atomic mass is 32.1. The van der Waals surface area contributed by atoms with E-state index < -0.39 is 0 Å². The first-order chi connectivity index (χ1) is 11.6. The summed E-state index contributed by atoms with van der Waals surface area (Å²) < 4.78 is 1.68. The number of carbonyl (C=O) groups excluding carboxylic acids is 1. The quantitative estimate of drug-likeness (QED) is 0.773. The van der Waals surface area contributed by atoms with E-state index in [2.05, 4.69) is 15.4 Å². The Morgan fingerprint density at radius 1 is 1.33 bits per heavy atom. The number of hydrogen-bond donors (Lipinski definition) is 1. The first-order valence-electron chi connectivity index (χ1n) is 7.79. The van der Waals surface area contributed by atoms with Gasteiger partial charge in [0.2, 0.25) is 11.3 Å². The van der Waals surface area contributed by atoms with E-state index in [4.69, 9.17) is 0 Å². The van der Waals surface area contributed by atoms with Crippen LogP contribution in [0.3, 0.4) is 0 Å². The lowest BCUT2D eigenvalue weighted by atomic mass is 10.2. The molecule has 1 amide bonds. The van der Waals surface area contributed by atoms with Crippen molar-refractivity contribution in [2.24, 2.45) is 0 Å². The number of carbonyl (C=O) groups is 1. The van der Waals surface area contributed by atoms with Gasteiger partial charge in [-0.3, -0.25) is 14.3 Å². The molecule has 0 saturated carbocycles. The van der Waals surface area contributed by atoms with Gasteiger partial charge in [-0.2, -0.15) is 5.10 Å². The molecule has 6 nitrogen and oxygen atoms in total. The maximum atomic E-state index is 12.2. The third-order valence-corrected chi connectivity index (χ3v) is 4.72. The number of thiazole rings is 1. The number of amides is 1. The third-order valence-electron chi connectivity index (χ3n) is 3.79. The Balaban J connectivity index is 1.70. The van der Waals surface area contributed by atoms with E-state index in [0.29, 0.717) is 17.1 Å². The molecule has 3 aromatic rings. The second-order valence-electron chi connectivity index (χ2n) is 5.42. The molecule has 0 spiro atoms. The average Bonchev–Trinajstić information content (AvgIpc) is 2.94. The normalized spacial score (nSPS) is 10.9. The average molecular weight is 342 g/mol. The van der Waals surface area contributed by atoms with Crippen molar-refractivity contribution in [2.75, 3.05) is 5.32 Å². The molecule has 124 valence electrons.